The maximum absolute atomic E-state index is 14.2. The zero-order valence-electron chi connectivity index (χ0n) is 24.1. The molecule has 0 aromatic heterocycles. The third kappa shape index (κ3) is 6.33. The fourth-order valence-corrected chi connectivity index (χ4v) is 7.95. The molecule has 1 saturated heterocycles. The molecule has 0 bridgehead atoms. The van der Waals surface area contributed by atoms with E-state index >= 15 is 0 Å². The monoisotopic (exact) mass is 604 g/mol. The summed E-state index contributed by atoms with van der Waals surface area (Å²) < 4.78 is 12.0. The highest BCUT2D eigenvalue weighted by Gasteiger charge is 2.60. The normalized spacial score (nSPS) is 29.2. The summed E-state index contributed by atoms with van der Waals surface area (Å²) in [5.41, 5.74) is 0.100. The van der Waals surface area contributed by atoms with E-state index in [2.05, 4.69) is 5.32 Å². The van der Waals surface area contributed by atoms with Crippen LogP contribution in [0.4, 0.5) is 0 Å². The van der Waals surface area contributed by atoms with Gasteiger partial charge in [-0.1, -0.05) is 61.4 Å². The number of likely N-dealkylation sites (tertiary alicyclic amines) is 1. The Hall–Kier alpha value is -2.09. The van der Waals surface area contributed by atoms with Gasteiger partial charge in [-0.05, 0) is 74.6 Å². The van der Waals surface area contributed by atoms with Gasteiger partial charge in [-0.2, -0.15) is 0 Å². The lowest BCUT2D eigenvalue weighted by Crippen LogP contribution is -2.60. The molecule has 2 amide bonds. The Balaban J connectivity index is 1.48. The van der Waals surface area contributed by atoms with Crippen LogP contribution in [0, 0.1) is 23.2 Å². The lowest BCUT2D eigenvalue weighted by molar-refractivity contribution is -0.178. The van der Waals surface area contributed by atoms with Gasteiger partial charge in [0, 0.05) is 34.6 Å². The third-order valence-corrected chi connectivity index (χ3v) is 10.4. The van der Waals surface area contributed by atoms with Crippen molar-refractivity contribution < 1.29 is 23.9 Å². The summed E-state index contributed by atoms with van der Waals surface area (Å²) in [7, 11) is 1.37. The molecule has 2 saturated carbocycles. The Labute approximate surface area is 253 Å². The lowest BCUT2D eigenvalue weighted by atomic mass is 9.66. The molecule has 3 fully saturated rings. The van der Waals surface area contributed by atoms with Crippen LogP contribution in [0.1, 0.15) is 83.1 Å². The van der Waals surface area contributed by atoms with Gasteiger partial charge in [-0.3, -0.25) is 14.4 Å². The van der Waals surface area contributed by atoms with Crippen LogP contribution in [0.25, 0.3) is 0 Å². The minimum atomic E-state index is -1.22. The van der Waals surface area contributed by atoms with E-state index in [1.165, 1.54) is 26.4 Å². The number of methoxy groups -OCH3 is 1. The highest BCUT2D eigenvalue weighted by Crippen LogP contribution is 2.52. The molecule has 0 radical (unpaired) electrons. The van der Waals surface area contributed by atoms with E-state index in [1.54, 1.807) is 23.1 Å². The molecule has 41 heavy (non-hydrogen) atoms. The standard InChI is InChI=1S/C32H42Cl2N2O5/c1-20-32(31(39)40-2)17-24(14-29(37)35-18-21-8-4-3-5-9-21)30(38)36(19-23-12-13-25(33)15-26(23)34)28(32)16-27(41-20)22-10-6-7-11-22/h12-13,15-16,20-22,24,27H,3-11,14,17-19H2,1-2H3,(H,35,37)/t20-,24+,27-,32+/m1/s1. The number of nitrogens with one attached hydrogen (secondary N) is 1. The zero-order chi connectivity index (χ0) is 29.1. The molecular weight excluding hydrogens is 563 g/mol. The van der Waals surface area contributed by atoms with Crippen LogP contribution >= 0.6 is 23.2 Å². The Morgan fingerprint density at radius 2 is 1.80 bits per heavy atom. The minimum Gasteiger partial charge on any atom is -0.468 e. The molecule has 2 aliphatic heterocycles. The van der Waals surface area contributed by atoms with Crippen molar-refractivity contribution in [2.24, 2.45) is 23.2 Å². The van der Waals surface area contributed by atoms with Gasteiger partial charge in [0.05, 0.1) is 25.9 Å². The van der Waals surface area contributed by atoms with Crippen molar-refractivity contribution in [3.63, 3.8) is 0 Å². The molecule has 0 unspecified atom stereocenters. The average molecular weight is 606 g/mol. The number of rotatable bonds is 8. The van der Waals surface area contributed by atoms with E-state index < -0.39 is 23.4 Å². The average Bonchev–Trinajstić information content (AvgIpc) is 3.51. The summed E-state index contributed by atoms with van der Waals surface area (Å²) in [4.78, 5) is 42.8. The number of hydrogen-bond acceptors (Lipinski definition) is 5. The number of carbonyl (C=O) groups excluding carboxylic acids is 3. The Morgan fingerprint density at radius 1 is 1.10 bits per heavy atom. The first-order chi connectivity index (χ1) is 19.7. The van der Waals surface area contributed by atoms with Crippen molar-refractivity contribution in [2.45, 2.75) is 96.3 Å². The first-order valence-corrected chi connectivity index (χ1v) is 16.0. The van der Waals surface area contributed by atoms with Crippen LogP contribution in [0.2, 0.25) is 10.0 Å². The second-order valence-electron chi connectivity index (χ2n) is 12.4. The lowest BCUT2D eigenvalue weighted by Gasteiger charge is -2.52. The summed E-state index contributed by atoms with van der Waals surface area (Å²) in [6, 6.07) is 5.19. The van der Waals surface area contributed by atoms with Crippen molar-refractivity contribution in [2.75, 3.05) is 13.7 Å². The number of benzene rings is 1. The van der Waals surface area contributed by atoms with E-state index in [4.69, 9.17) is 32.7 Å². The van der Waals surface area contributed by atoms with Crippen molar-refractivity contribution in [1.29, 1.82) is 0 Å². The summed E-state index contributed by atoms with van der Waals surface area (Å²) in [6.45, 7) is 2.68. The second-order valence-corrected chi connectivity index (χ2v) is 13.2. The molecule has 4 atom stereocenters. The highest BCUT2D eigenvalue weighted by molar-refractivity contribution is 6.35. The Morgan fingerprint density at radius 3 is 2.49 bits per heavy atom. The Bertz CT molecular complexity index is 1180. The molecule has 4 aliphatic rings. The van der Waals surface area contributed by atoms with Gasteiger partial charge < -0.3 is 19.7 Å². The SMILES string of the molecule is COC(=O)[C@]12C[C@H](CC(=O)NCC3CCCCC3)C(=O)N(Cc3ccc(Cl)cc3Cl)C1=C[C@H](C1CCCC1)O[C@@H]2C. The van der Waals surface area contributed by atoms with Gasteiger partial charge in [0.15, 0.2) is 0 Å². The summed E-state index contributed by atoms with van der Waals surface area (Å²) in [5, 5.41) is 4.02. The molecule has 9 heteroatoms. The van der Waals surface area contributed by atoms with E-state index in [-0.39, 0.29) is 37.3 Å². The topological polar surface area (TPSA) is 84.9 Å². The fraction of sp³-hybridized carbons (Fsp3) is 0.656. The molecule has 0 spiro atoms. The predicted molar refractivity (Wildman–Crippen MR) is 158 cm³/mol. The fourth-order valence-electron chi connectivity index (χ4n) is 7.48. The van der Waals surface area contributed by atoms with E-state index in [0.717, 1.165) is 38.5 Å². The van der Waals surface area contributed by atoms with Crippen molar-refractivity contribution >= 4 is 41.0 Å². The number of nitrogens with zero attached hydrogens (tertiary/aromatic N) is 1. The summed E-state index contributed by atoms with van der Waals surface area (Å²) >= 11 is 12.7. The highest BCUT2D eigenvalue weighted by atomic mass is 35.5. The number of amides is 2. The van der Waals surface area contributed by atoms with E-state index in [1.807, 2.05) is 13.0 Å². The summed E-state index contributed by atoms with van der Waals surface area (Å²) in [5.74, 6) is -0.701. The molecule has 224 valence electrons. The Kier molecular flexibility index (Phi) is 9.67. The number of halogens is 2. The van der Waals surface area contributed by atoms with Crippen LogP contribution in [-0.4, -0.2) is 48.5 Å². The molecule has 1 aromatic rings. The van der Waals surface area contributed by atoms with Crippen LogP contribution in [0.5, 0.6) is 0 Å². The van der Waals surface area contributed by atoms with Crippen molar-refractivity contribution in [3.8, 4) is 0 Å². The van der Waals surface area contributed by atoms with Crippen molar-refractivity contribution in [1.82, 2.24) is 10.2 Å². The van der Waals surface area contributed by atoms with Gasteiger partial charge in [-0.25, -0.2) is 0 Å². The summed E-state index contributed by atoms with van der Waals surface area (Å²) in [6.07, 6.45) is 11.7. The van der Waals surface area contributed by atoms with Crippen LogP contribution < -0.4 is 5.32 Å². The number of fused-ring (bicyclic) bond motifs is 1. The quantitative estimate of drug-likeness (QED) is 0.345. The smallest absolute Gasteiger partial charge is 0.320 e. The van der Waals surface area contributed by atoms with Gasteiger partial charge >= 0.3 is 5.97 Å². The molecule has 5 rings (SSSR count). The molecule has 7 nitrogen and oxygen atoms in total. The first kappa shape index (κ1) is 30.4. The minimum absolute atomic E-state index is 0.00119. The van der Waals surface area contributed by atoms with Gasteiger partial charge in [0.25, 0.3) is 0 Å². The van der Waals surface area contributed by atoms with Crippen LogP contribution in [0.15, 0.2) is 30.0 Å². The molecule has 1 N–H and O–H groups in total. The van der Waals surface area contributed by atoms with E-state index in [0.29, 0.717) is 39.7 Å². The maximum atomic E-state index is 14.2. The molecular formula is C32H42Cl2N2O5. The zero-order valence-corrected chi connectivity index (χ0v) is 25.6. The number of carbonyl (C=O) groups is 3. The maximum Gasteiger partial charge on any atom is 0.320 e. The number of ether oxygens (including phenoxy) is 2. The van der Waals surface area contributed by atoms with Crippen LogP contribution in [-0.2, 0) is 30.4 Å². The van der Waals surface area contributed by atoms with Gasteiger partial charge in [0.2, 0.25) is 11.8 Å². The van der Waals surface area contributed by atoms with Crippen LogP contribution in [0.3, 0.4) is 0 Å². The number of piperidine rings is 1. The van der Waals surface area contributed by atoms with Crippen molar-refractivity contribution in [3.05, 3.63) is 45.6 Å². The van der Waals surface area contributed by atoms with Gasteiger partial charge in [-0.15, -0.1) is 0 Å². The largest absolute Gasteiger partial charge is 0.468 e. The number of hydrogen-bond donors (Lipinski definition) is 1. The van der Waals surface area contributed by atoms with E-state index in [9.17, 15) is 14.4 Å². The molecule has 1 aromatic carbocycles. The predicted octanol–water partition coefficient (Wildman–Crippen LogP) is 6.45. The molecule has 2 aliphatic carbocycles. The second kappa shape index (κ2) is 13.0. The number of esters is 1. The molecule has 2 heterocycles. The third-order valence-electron chi connectivity index (χ3n) is 9.81. The first-order valence-electron chi connectivity index (χ1n) is 15.2. The van der Waals surface area contributed by atoms with Gasteiger partial charge in [0.1, 0.15) is 5.41 Å².